The SMILES string of the molecule is COC(C(=O)Cc1cc(F)ccc1F)C1CCCCC1. The van der Waals surface area contributed by atoms with Crippen molar-refractivity contribution in [1.82, 2.24) is 0 Å². The van der Waals surface area contributed by atoms with Gasteiger partial charge in [-0.25, -0.2) is 8.78 Å². The fraction of sp³-hybridized carbons (Fsp3) is 0.562. The van der Waals surface area contributed by atoms with Crippen molar-refractivity contribution in [3.8, 4) is 0 Å². The fourth-order valence-corrected chi connectivity index (χ4v) is 2.99. The molecule has 0 bridgehead atoms. The zero-order valence-corrected chi connectivity index (χ0v) is 11.7. The third-order valence-corrected chi connectivity index (χ3v) is 4.02. The van der Waals surface area contributed by atoms with Crippen LogP contribution >= 0.6 is 0 Å². The van der Waals surface area contributed by atoms with Crippen molar-refractivity contribution in [2.45, 2.75) is 44.6 Å². The Labute approximate surface area is 118 Å². The third kappa shape index (κ3) is 3.63. The van der Waals surface area contributed by atoms with Crippen LogP contribution in [-0.2, 0) is 16.0 Å². The summed E-state index contributed by atoms with van der Waals surface area (Å²) in [6.45, 7) is 0. The summed E-state index contributed by atoms with van der Waals surface area (Å²) in [5.41, 5.74) is 0.104. The number of carbonyl (C=O) groups excluding carboxylic acids is 1. The number of ketones is 1. The van der Waals surface area contributed by atoms with E-state index in [9.17, 15) is 13.6 Å². The van der Waals surface area contributed by atoms with Gasteiger partial charge >= 0.3 is 0 Å². The molecule has 0 radical (unpaired) electrons. The Morgan fingerprint density at radius 2 is 2.00 bits per heavy atom. The van der Waals surface area contributed by atoms with Crippen LogP contribution in [0.4, 0.5) is 8.78 Å². The summed E-state index contributed by atoms with van der Waals surface area (Å²) in [5.74, 6) is -1.03. The highest BCUT2D eigenvalue weighted by Crippen LogP contribution is 2.29. The van der Waals surface area contributed by atoms with Crippen LogP contribution < -0.4 is 0 Å². The summed E-state index contributed by atoms with van der Waals surface area (Å²) >= 11 is 0. The fourth-order valence-electron chi connectivity index (χ4n) is 2.99. The zero-order valence-electron chi connectivity index (χ0n) is 11.7. The van der Waals surface area contributed by atoms with E-state index in [1.807, 2.05) is 0 Å². The number of ether oxygens (including phenoxy) is 1. The van der Waals surface area contributed by atoms with E-state index in [1.165, 1.54) is 13.5 Å². The number of hydrogen-bond donors (Lipinski definition) is 0. The predicted molar refractivity (Wildman–Crippen MR) is 72.4 cm³/mol. The normalized spacial score (nSPS) is 17.9. The first-order valence-corrected chi connectivity index (χ1v) is 7.11. The second kappa shape index (κ2) is 6.93. The summed E-state index contributed by atoms with van der Waals surface area (Å²) in [5, 5.41) is 0. The molecule has 1 aliphatic carbocycles. The second-order valence-electron chi connectivity index (χ2n) is 5.43. The van der Waals surface area contributed by atoms with Gasteiger partial charge in [0.15, 0.2) is 5.78 Å². The van der Waals surface area contributed by atoms with Crippen molar-refractivity contribution in [3.05, 3.63) is 35.4 Å². The summed E-state index contributed by atoms with van der Waals surface area (Å²) in [4.78, 5) is 12.3. The van der Waals surface area contributed by atoms with Crippen molar-refractivity contribution >= 4 is 5.78 Å². The van der Waals surface area contributed by atoms with Gasteiger partial charge < -0.3 is 4.74 Å². The lowest BCUT2D eigenvalue weighted by atomic mass is 9.82. The van der Waals surface area contributed by atoms with Crippen LogP contribution in [-0.4, -0.2) is 19.0 Å². The molecule has 0 N–H and O–H groups in total. The first-order chi connectivity index (χ1) is 9.61. The zero-order chi connectivity index (χ0) is 14.5. The molecule has 2 rings (SSSR count). The van der Waals surface area contributed by atoms with Gasteiger partial charge in [0, 0.05) is 13.5 Å². The molecule has 0 heterocycles. The quantitative estimate of drug-likeness (QED) is 0.823. The van der Waals surface area contributed by atoms with Gasteiger partial charge in [-0.1, -0.05) is 19.3 Å². The molecule has 2 nitrogen and oxygen atoms in total. The van der Waals surface area contributed by atoms with Crippen LogP contribution in [0.3, 0.4) is 0 Å². The molecule has 1 aliphatic rings. The van der Waals surface area contributed by atoms with Crippen molar-refractivity contribution in [2.75, 3.05) is 7.11 Å². The van der Waals surface area contributed by atoms with Crippen LogP contribution in [0.1, 0.15) is 37.7 Å². The minimum absolute atomic E-state index is 0.104. The van der Waals surface area contributed by atoms with Crippen molar-refractivity contribution in [3.63, 3.8) is 0 Å². The van der Waals surface area contributed by atoms with E-state index < -0.39 is 17.7 Å². The molecule has 1 fully saturated rings. The molecule has 0 amide bonds. The molecule has 1 unspecified atom stereocenters. The van der Waals surface area contributed by atoms with E-state index in [4.69, 9.17) is 4.74 Å². The molecule has 4 heteroatoms. The van der Waals surface area contributed by atoms with Crippen LogP contribution in [0, 0.1) is 17.6 Å². The van der Waals surface area contributed by atoms with Gasteiger partial charge in [-0.05, 0) is 42.5 Å². The highest BCUT2D eigenvalue weighted by molar-refractivity contribution is 5.85. The van der Waals surface area contributed by atoms with E-state index in [1.54, 1.807) is 0 Å². The van der Waals surface area contributed by atoms with E-state index in [0.717, 1.165) is 43.9 Å². The number of halogens is 2. The maximum absolute atomic E-state index is 13.6. The second-order valence-corrected chi connectivity index (χ2v) is 5.43. The molecule has 1 aromatic rings. The largest absolute Gasteiger partial charge is 0.373 e. The Hall–Kier alpha value is -1.29. The van der Waals surface area contributed by atoms with Crippen LogP contribution in [0.25, 0.3) is 0 Å². The number of methoxy groups -OCH3 is 1. The monoisotopic (exact) mass is 282 g/mol. The molecule has 1 aromatic carbocycles. The van der Waals surface area contributed by atoms with Crippen LogP contribution in [0.2, 0.25) is 0 Å². The van der Waals surface area contributed by atoms with Crippen molar-refractivity contribution in [2.24, 2.45) is 5.92 Å². The van der Waals surface area contributed by atoms with Gasteiger partial charge in [0.05, 0.1) is 0 Å². The summed E-state index contributed by atoms with van der Waals surface area (Å²) in [7, 11) is 1.51. The molecular weight excluding hydrogens is 262 g/mol. The van der Waals surface area contributed by atoms with Gasteiger partial charge in [0.2, 0.25) is 0 Å². The molecule has 1 saturated carbocycles. The first-order valence-electron chi connectivity index (χ1n) is 7.11. The van der Waals surface area contributed by atoms with Gasteiger partial charge in [-0.2, -0.15) is 0 Å². The molecule has 1 atom stereocenters. The average molecular weight is 282 g/mol. The van der Waals surface area contributed by atoms with Crippen LogP contribution in [0.15, 0.2) is 18.2 Å². The minimum Gasteiger partial charge on any atom is -0.373 e. The Kier molecular flexibility index (Phi) is 5.24. The van der Waals surface area contributed by atoms with E-state index in [-0.39, 0.29) is 23.7 Å². The Morgan fingerprint density at radius 3 is 2.65 bits per heavy atom. The summed E-state index contributed by atoms with van der Waals surface area (Å²) in [6, 6.07) is 3.19. The third-order valence-electron chi connectivity index (χ3n) is 4.02. The molecular formula is C16H20F2O2. The maximum Gasteiger partial charge on any atom is 0.166 e. The Bertz CT molecular complexity index is 468. The molecule has 110 valence electrons. The minimum atomic E-state index is -0.543. The lowest BCUT2D eigenvalue weighted by molar-refractivity contribution is -0.132. The standard InChI is InChI=1S/C16H20F2O2/c1-20-16(11-5-3-2-4-6-11)15(19)10-12-9-13(17)7-8-14(12)18/h7-9,11,16H,2-6,10H2,1H3. The van der Waals surface area contributed by atoms with Crippen LogP contribution in [0.5, 0.6) is 0 Å². The number of carbonyl (C=O) groups is 1. The summed E-state index contributed by atoms with van der Waals surface area (Å²) in [6.07, 6.45) is 4.72. The maximum atomic E-state index is 13.6. The first kappa shape index (κ1) is 15.1. The van der Waals surface area contributed by atoms with Gasteiger partial charge in [-0.15, -0.1) is 0 Å². The average Bonchev–Trinajstić information content (AvgIpc) is 2.45. The number of Topliss-reactive ketones (excluding diaryl/α,β-unsaturated/α-hetero) is 1. The molecule has 0 aliphatic heterocycles. The van der Waals surface area contributed by atoms with E-state index in [0.29, 0.717) is 0 Å². The number of hydrogen-bond acceptors (Lipinski definition) is 2. The lowest BCUT2D eigenvalue weighted by Crippen LogP contribution is -2.34. The molecule has 20 heavy (non-hydrogen) atoms. The highest BCUT2D eigenvalue weighted by atomic mass is 19.1. The highest BCUT2D eigenvalue weighted by Gasteiger charge is 2.29. The number of benzene rings is 1. The molecule has 0 spiro atoms. The van der Waals surface area contributed by atoms with Crippen molar-refractivity contribution in [1.29, 1.82) is 0 Å². The Morgan fingerprint density at radius 1 is 1.30 bits per heavy atom. The Balaban J connectivity index is 2.06. The van der Waals surface area contributed by atoms with Gasteiger partial charge in [0.1, 0.15) is 17.7 Å². The van der Waals surface area contributed by atoms with E-state index in [2.05, 4.69) is 0 Å². The predicted octanol–water partition coefficient (Wildman–Crippen LogP) is 3.67. The van der Waals surface area contributed by atoms with Gasteiger partial charge in [0.25, 0.3) is 0 Å². The summed E-state index contributed by atoms with van der Waals surface area (Å²) < 4.78 is 32.0. The topological polar surface area (TPSA) is 26.3 Å². The smallest absolute Gasteiger partial charge is 0.166 e. The molecule has 0 saturated heterocycles. The van der Waals surface area contributed by atoms with Gasteiger partial charge in [-0.3, -0.25) is 4.79 Å². The van der Waals surface area contributed by atoms with Crippen molar-refractivity contribution < 1.29 is 18.3 Å². The lowest BCUT2D eigenvalue weighted by Gasteiger charge is -2.28. The molecule has 0 aromatic heterocycles. The van der Waals surface area contributed by atoms with E-state index >= 15 is 0 Å². The number of rotatable bonds is 5.